The van der Waals surface area contributed by atoms with Crippen LogP contribution in [0.15, 0.2) is 18.2 Å². The second kappa shape index (κ2) is 4.69. The predicted molar refractivity (Wildman–Crippen MR) is 77.2 cm³/mol. The molecular weight excluding hydrogens is 252 g/mol. The zero-order valence-corrected chi connectivity index (χ0v) is 11.6. The summed E-state index contributed by atoms with van der Waals surface area (Å²) in [5.41, 5.74) is 1.66. The number of hydrogen-bond acceptors (Lipinski definition) is 3. The van der Waals surface area contributed by atoms with Crippen LogP contribution in [0.25, 0.3) is 0 Å². The SMILES string of the molecule is O=C(c1cccc2c1OCCN2)N1CC2CCCC2C1. The number of amides is 1. The lowest BCUT2D eigenvalue weighted by atomic mass is 10.0. The molecule has 4 heteroatoms. The molecule has 2 aliphatic heterocycles. The van der Waals surface area contributed by atoms with Gasteiger partial charge in [0.2, 0.25) is 0 Å². The molecule has 0 spiro atoms. The third-order valence-electron chi connectivity index (χ3n) is 4.92. The van der Waals surface area contributed by atoms with Crippen LogP contribution >= 0.6 is 0 Å². The first-order valence-corrected chi connectivity index (χ1v) is 7.62. The van der Waals surface area contributed by atoms with Gasteiger partial charge in [-0.2, -0.15) is 0 Å². The molecule has 2 heterocycles. The number of nitrogens with zero attached hydrogens (tertiary/aromatic N) is 1. The molecule has 2 unspecified atom stereocenters. The maximum Gasteiger partial charge on any atom is 0.257 e. The van der Waals surface area contributed by atoms with Crippen molar-refractivity contribution in [2.24, 2.45) is 11.8 Å². The zero-order valence-electron chi connectivity index (χ0n) is 11.6. The molecule has 1 aliphatic carbocycles. The lowest BCUT2D eigenvalue weighted by molar-refractivity contribution is 0.0776. The number of fused-ring (bicyclic) bond motifs is 2. The zero-order chi connectivity index (χ0) is 13.5. The van der Waals surface area contributed by atoms with Crippen molar-refractivity contribution in [3.05, 3.63) is 23.8 Å². The molecule has 0 aromatic heterocycles. The van der Waals surface area contributed by atoms with E-state index in [0.717, 1.165) is 48.5 Å². The Morgan fingerprint density at radius 1 is 1.25 bits per heavy atom. The van der Waals surface area contributed by atoms with Crippen molar-refractivity contribution in [2.75, 3.05) is 31.6 Å². The van der Waals surface area contributed by atoms with Gasteiger partial charge in [0.1, 0.15) is 6.61 Å². The van der Waals surface area contributed by atoms with Crippen LogP contribution in [0.4, 0.5) is 5.69 Å². The van der Waals surface area contributed by atoms with E-state index in [1.807, 2.05) is 23.1 Å². The number of carbonyl (C=O) groups excluding carboxylic acids is 1. The average Bonchev–Trinajstić information content (AvgIpc) is 3.07. The molecule has 4 nitrogen and oxygen atoms in total. The number of likely N-dealkylation sites (tertiary alicyclic amines) is 1. The van der Waals surface area contributed by atoms with E-state index in [0.29, 0.717) is 6.61 Å². The van der Waals surface area contributed by atoms with Gasteiger partial charge in [0, 0.05) is 19.6 Å². The number of nitrogens with one attached hydrogen (secondary N) is 1. The average molecular weight is 272 g/mol. The fraction of sp³-hybridized carbons (Fsp3) is 0.562. The highest BCUT2D eigenvalue weighted by atomic mass is 16.5. The van der Waals surface area contributed by atoms with Crippen LogP contribution in [-0.4, -0.2) is 37.0 Å². The maximum atomic E-state index is 12.8. The van der Waals surface area contributed by atoms with E-state index in [1.165, 1.54) is 19.3 Å². The summed E-state index contributed by atoms with van der Waals surface area (Å²) in [6.07, 6.45) is 3.92. The summed E-state index contributed by atoms with van der Waals surface area (Å²) in [6.45, 7) is 3.29. The minimum atomic E-state index is 0.139. The Balaban J connectivity index is 1.60. The molecule has 2 atom stereocenters. The summed E-state index contributed by atoms with van der Waals surface area (Å²) >= 11 is 0. The smallest absolute Gasteiger partial charge is 0.257 e. The van der Waals surface area contributed by atoms with Gasteiger partial charge in [-0.1, -0.05) is 12.5 Å². The Bertz CT molecular complexity index is 531. The lowest BCUT2D eigenvalue weighted by Crippen LogP contribution is -2.31. The number of para-hydroxylation sites is 1. The molecule has 1 saturated heterocycles. The Kier molecular flexibility index (Phi) is 2.83. The van der Waals surface area contributed by atoms with E-state index >= 15 is 0 Å². The van der Waals surface area contributed by atoms with Crippen molar-refractivity contribution in [2.45, 2.75) is 19.3 Å². The highest BCUT2D eigenvalue weighted by Gasteiger charge is 2.39. The van der Waals surface area contributed by atoms with Crippen molar-refractivity contribution < 1.29 is 9.53 Å². The van der Waals surface area contributed by atoms with Crippen LogP contribution < -0.4 is 10.1 Å². The third kappa shape index (κ3) is 1.86. The first-order valence-electron chi connectivity index (χ1n) is 7.62. The Morgan fingerprint density at radius 2 is 2.05 bits per heavy atom. The summed E-state index contributed by atoms with van der Waals surface area (Å²) in [5, 5.41) is 3.29. The predicted octanol–water partition coefficient (Wildman–Crippen LogP) is 2.36. The van der Waals surface area contributed by atoms with Gasteiger partial charge in [0.25, 0.3) is 5.91 Å². The van der Waals surface area contributed by atoms with Crippen LogP contribution in [0.1, 0.15) is 29.6 Å². The highest BCUT2D eigenvalue weighted by Crippen LogP contribution is 2.39. The Labute approximate surface area is 119 Å². The van der Waals surface area contributed by atoms with Gasteiger partial charge in [-0.3, -0.25) is 4.79 Å². The van der Waals surface area contributed by atoms with Gasteiger partial charge in [0.05, 0.1) is 11.3 Å². The number of anilines is 1. The first kappa shape index (κ1) is 12.1. The second-order valence-electron chi connectivity index (χ2n) is 6.12. The molecular formula is C16H20N2O2. The molecule has 1 aromatic rings. The number of rotatable bonds is 1. The summed E-state index contributed by atoms with van der Waals surface area (Å²) in [5.74, 6) is 2.34. The van der Waals surface area contributed by atoms with Crippen molar-refractivity contribution in [1.82, 2.24) is 4.90 Å². The van der Waals surface area contributed by atoms with E-state index in [-0.39, 0.29) is 5.91 Å². The molecule has 3 aliphatic rings. The van der Waals surface area contributed by atoms with Crippen LogP contribution in [0.2, 0.25) is 0 Å². The van der Waals surface area contributed by atoms with Crippen LogP contribution in [0, 0.1) is 11.8 Å². The molecule has 0 bridgehead atoms. The standard InChI is InChI=1S/C16H20N2O2/c19-16(18-9-11-3-1-4-12(11)10-18)13-5-2-6-14-15(13)20-8-7-17-14/h2,5-6,11-12,17H,1,3-4,7-10H2. The van der Waals surface area contributed by atoms with Crippen LogP contribution in [0.3, 0.4) is 0 Å². The van der Waals surface area contributed by atoms with Crippen molar-refractivity contribution in [3.8, 4) is 5.75 Å². The third-order valence-corrected chi connectivity index (χ3v) is 4.92. The highest BCUT2D eigenvalue weighted by molar-refractivity contribution is 5.99. The Hall–Kier alpha value is -1.71. The molecule has 1 aromatic carbocycles. The van der Waals surface area contributed by atoms with E-state index < -0.39 is 0 Å². The van der Waals surface area contributed by atoms with Gasteiger partial charge in [-0.15, -0.1) is 0 Å². The topological polar surface area (TPSA) is 41.6 Å². The van der Waals surface area contributed by atoms with Crippen LogP contribution in [0.5, 0.6) is 5.75 Å². The summed E-state index contributed by atoms with van der Waals surface area (Å²) in [4.78, 5) is 14.8. The van der Waals surface area contributed by atoms with E-state index in [2.05, 4.69) is 5.32 Å². The summed E-state index contributed by atoms with van der Waals surface area (Å²) < 4.78 is 5.72. The summed E-state index contributed by atoms with van der Waals surface area (Å²) in [6, 6.07) is 5.80. The number of ether oxygens (including phenoxy) is 1. The van der Waals surface area contributed by atoms with Gasteiger partial charge in [0.15, 0.2) is 5.75 Å². The minimum Gasteiger partial charge on any atom is -0.489 e. The molecule has 0 radical (unpaired) electrons. The minimum absolute atomic E-state index is 0.139. The maximum absolute atomic E-state index is 12.8. The quantitative estimate of drug-likeness (QED) is 0.853. The molecule has 1 amide bonds. The van der Waals surface area contributed by atoms with Crippen molar-refractivity contribution in [3.63, 3.8) is 0 Å². The normalized spacial score (nSPS) is 27.5. The van der Waals surface area contributed by atoms with Crippen molar-refractivity contribution in [1.29, 1.82) is 0 Å². The van der Waals surface area contributed by atoms with Gasteiger partial charge >= 0.3 is 0 Å². The molecule has 20 heavy (non-hydrogen) atoms. The second-order valence-corrected chi connectivity index (χ2v) is 6.12. The molecule has 1 N–H and O–H groups in total. The number of benzene rings is 1. The molecule has 106 valence electrons. The molecule has 1 saturated carbocycles. The van der Waals surface area contributed by atoms with E-state index in [9.17, 15) is 4.79 Å². The van der Waals surface area contributed by atoms with E-state index in [1.54, 1.807) is 0 Å². The van der Waals surface area contributed by atoms with Gasteiger partial charge in [-0.05, 0) is 36.8 Å². The number of carbonyl (C=O) groups is 1. The first-order chi connectivity index (χ1) is 9.83. The molecule has 2 fully saturated rings. The molecule has 4 rings (SSSR count). The fourth-order valence-corrected chi connectivity index (χ4v) is 3.91. The lowest BCUT2D eigenvalue weighted by Gasteiger charge is -2.24. The van der Waals surface area contributed by atoms with Gasteiger partial charge < -0.3 is 15.0 Å². The Morgan fingerprint density at radius 3 is 2.85 bits per heavy atom. The van der Waals surface area contributed by atoms with Crippen molar-refractivity contribution >= 4 is 11.6 Å². The van der Waals surface area contributed by atoms with E-state index in [4.69, 9.17) is 4.74 Å². The fourth-order valence-electron chi connectivity index (χ4n) is 3.91. The monoisotopic (exact) mass is 272 g/mol. The summed E-state index contributed by atoms with van der Waals surface area (Å²) in [7, 11) is 0. The van der Waals surface area contributed by atoms with Crippen LogP contribution in [-0.2, 0) is 0 Å². The van der Waals surface area contributed by atoms with Gasteiger partial charge in [-0.25, -0.2) is 0 Å². The largest absolute Gasteiger partial charge is 0.489 e. The number of hydrogen-bond donors (Lipinski definition) is 1.